The molecule has 0 fully saturated rings. The molecule has 0 spiro atoms. The van der Waals surface area contributed by atoms with E-state index < -0.39 is 6.03 Å². The summed E-state index contributed by atoms with van der Waals surface area (Å²) in [4.78, 5) is 25.5. The maximum Gasteiger partial charge on any atom is 0.321 e. The number of amides is 3. The van der Waals surface area contributed by atoms with Crippen LogP contribution in [-0.4, -0.2) is 43.6 Å². The molecule has 6 nitrogen and oxygen atoms in total. The van der Waals surface area contributed by atoms with Gasteiger partial charge in [0.05, 0.1) is 6.54 Å². The Morgan fingerprint density at radius 1 is 1.04 bits per heavy atom. The minimum absolute atomic E-state index is 0.121. The first-order chi connectivity index (χ1) is 12.5. The molecule has 0 aliphatic carbocycles. The fourth-order valence-corrected chi connectivity index (χ4v) is 2.34. The maximum atomic E-state index is 11.9. The number of imide groups is 1. The smallest absolute Gasteiger partial charge is 0.321 e. The summed E-state index contributed by atoms with van der Waals surface area (Å²) in [5.41, 5.74) is 2.04. The second-order valence-corrected chi connectivity index (χ2v) is 6.07. The molecule has 0 saturated carbocycles. The minimum atomic E-state index is -0.497. The van der Waals surface area contributed by atoms with E-state index in [1.165, 1.54) is 0 Å². The van der Waals surface area contributed by atoms with E-state index in [9.17, 15) is 9.59 Å². The lowest BCUT2D eigenvalue weighted by Crippen LogP contribution is -2.44. The first kappa shape index (κ1) is 19.5. The van der Waals surface area contributed by atoms with E-state index in [-0.39, 0.29) is 12.5 Å². The van der Waals surface area contributed by atoms with Crippen molar-refractivity contribution in [3.63, 3.8) is 0 Å². The van der Waals surface area contributed by atoms with Gasteiger partial charge in [0.25, 0.3) is 0 Å². The highest BCUT2D eigenvalue weighted by Crippen LogP contribution is 2.15. The molecule has 0 atom stereocenters. The van der Waals surface area contributed by atoms with Crippen molar-refractivity contribution >= 4 is 11.9 Å². The Labute approximate surface area is 154 Å². The number of hydrogen-bond donors (Lipinski definition) is 2. The summed E-state index contributed by atoms with van der Waals surface area (Å²) in [6, 6.07) is 16.8. The lowest BCUT2D eigenvalue weighted by Gasteiger charge is -2.17. The third-order valence-corrected chi connectivity index (χ3v) is 3.79. The van der Waals surface area contributed by atoms with Crippen LogP contribution >= 0.6 is 0 Å². The molecule has 0 bridgehead atoms. The van der Waals surface area contributed by atoms with Crippen LogP contribution in [0.3, 0.4) is 0 Å². The molecule has 26 heavy (non-hydrogen) atoms. The van der Waals surface area contributed by atoms with Gasteiger partial charge in [0, 0.05) is 13.1 Å². The summed E-state index contributed by atoms with van der Waals surface area (Å²) in [6.07, 6.45) is 0. The van der Waals surface area contributed by atoms with Crippen LogP contribution in [0.2, 0.25) is 0 Å². The van der Waals surface area contributed by atoms with Gasteiger partial charge >= 0.3 is 6.03 Å². The van der Waals surface area contributed by atoms with Crippen molar-refractivity contribution in [2.75, 3.05) is 26.7 Å². The lowest BCUT2D eigenvalue weighted by molar-refractivity contribution is -0.120. The molecule has 2 aromatic rings. The van der Waals surface area contributed by atoms with Crippen LogP contribution in [0, 0.1) is 6.92 Å². The highest BCUT2D eigenvalue weighted by Gasteiger charge is 2.10. The molecule has 0 radical (unpaired) electrons. The number of carbonyl (C=O) groups is 2. The second-order valence-electron chi connectivity index (χ2n) is 6.07. The Balaban J connectivity index is 1.63. The average Bonchev–Trinajstić information content (AvgIpc) is 2.62. The van der Waals surface area contributed by atoms with Gasteiger partial charge in [-0.1, -0.05) is 48.5 Å². The maximum absolute atomic E-state index is 11.9. The molecule has 0 aromatic heterocycles. The molecule has 0 unspecified atom stereocenters. The van der Waals surface area contributed by atoms with E-state index in [0.29, 0.717) is 19.7 Å². The number of carbonyl (C=O) groups excluding carboxylic acids is 2. The SMILES string of the molecule is Cc1ccccc1OCCN(C)CC(=O)NC(=O)NCc1ccccc1. The third-order valence-electron chi connectivity index (χ3n) is 3.79. The summed E-state index contributed by atoms with van der Waals surface area (Å²) >= 11 is 0. The molecule has 0 heterocycles. The largest absolute Gasteiger partial charge is 0.492 e. The van der Waals surface area contributed by atoms with Crippen LogP contribution in [0.15, 0.2) is 54.6 Å². The monoisotopic (exact) mass is 355 g/mol. The van der Waals surface area contributed by atoms with Gasteiger partial charge in [0.2, 0.25) is 5.91 Å². The van der Waals surface area contributed by atoms with Crippen molar-refractivity contribution in [3.8, 4) is 5.75 Å². The number of ether oxygens (including phenoxy) is 1. The quantitative estimate of drug-likeness (QED) is 0.762. The normalized spacial score (nSPS) is 10.4. The van der Waals surface area contributed by atoms with Crippen LogP contribution in [0.1, 0.15) is 11.1 Å². The lowest BCUT2D eigenvalue weighted by atomic mass is 10.2. The van der Waals surface area contributed by atoms with Crippen molar-refractivity contribution in [3.05, 3.63) is 65.7 Å². The number of likely N-dealkylation sites (N-methyl/N-ethyl adjacent to an activating group) is 1. The number of nitrogens with zero attached hydrogens (tertiary/aromatic N) is 1. The minimum Gasteiger partial charge on any atom is -0.492 e. The highest BCUT2D eigenvalue weighted by molar-refractivity contribution is 5.95. The van der Waals surface area contributed by atoms with Gasteiger partial charge in [-0.05, 0) is 31.2 Å². The zero-order valence-corrected chi connectivity index (χ0v) is 15.2. The van der Waals surface area contributed by atoms with Gasteiger partial charge in [-0.25, -0.2) is 4.79 Å². The van der Waals surface area contributed by atoms with Crippen LogP contribution in [0.5, 0.6) is 5.75 Å². The number of para-hydroxylation sites is 1. The number of urea groups is 1. The van der Waals surface area contributed by atoms with Crippen molar-refractivity contribution in [2.45, 2.75) is 13.5 Å². The van der Waals surface area contributed by atoms with Crippen molar-refractivity contribution < 1.29 is 14.3 Å². The summed E-state index contributed by atoms with van der Waals surface area (Å²) in [7, 11) is 1.81. The van der Waals surface area contributed by atoms with Gasteiger partial charge in [0.15, 0.2) is 0 Å². The van der Waals surface area contributed by atoms with Crippen molar-refractivity contribution in [2.24, 2.45) is 0 Å². The Kier molecular flexibility index (Phi) is 7.64. The molecular weight excluding hydrogens is 330 g/mol. The number of rotatable bonds is 8. The third kappa shape index (κ3) is 6.94. The van der Waals surface area contributed by atoms with Crippen LogP contribution < -0.4 is 15.4 Å². The van der Waals surface area contributed by atoms with Gasteiger partial charge in [-0.3, -0.25) is 15.0 Å². The summed E-state index contributed by atoms with van der Waals surface area (Å²) < 4.78 is 5.71. The molecule has 138 valence electrons. The van der Waals surface area contributed by atoms with Gasteiger partial charge < -0.3 is 10.1 Å². The number of hydrogen-bond acceptors (Lipinski definition) is 4. The van der Waals surface area contributed by atoms with E-state index >= 15 is 0 Å². The van der Waals surface area contributed by atoms with E-state index in [4.69, 9.17) is 4.74 Å². The molecule has 2 rings (SSSR count). The van der Waals surface area contributed by atoms with E-state index in [1.807, 2.05) is 68.6 Å². The molecule has 0 aliphatic heterocycles. The van der Waals surface area contributed by atoms with E-state index in [0.717, 1.165) is 16.9 Å². The molecule has 6 heteroatoms. The highest BCUT2D eigenvalue weighted by atomic mass is 16.5. The van der Waals surface area contributed by atoms with Gasteiger partial charge in [0.1, 0.15) is 12.4 Å². The standard InChI is InChI=1S/C20H25N3O3/c1-16-8-6-7-11-18(16)26-13-12-23(2)15-19(24)22-20(25)21-14-17-9-4-3-5-10-17/h3-11H,12-15H2,1-2H3,(H2,21,22,24,25). The fraction of sp³-hybridized carbons (Fsp3) is 0.300. The Morgan fingerprint density at radius 3 is 2.46 bits per heavy atom. The van der Waals surface area contributed by atoms with Crippen LogP contribution in [0.25, 0.3) is 0 Å². The molecule has 3 amide bonds. The zero-order chi connectivity index (χ0) is 18.8. The van der Waals surface area contributed by atoms with Crippen molar-refractivity contribution in [1.82, 2.24) is 15.5 Å². The number of aryl methyl sites for hydroxylation is 1. The molecule has 2 N–H and O–H groups in total. The zero-order valence-electron chi connectivity index (χ0n) is 15.2. The van der Waals surface area contributed by atoms with Gasteiger partial charge in [-0.15, -0.1) is 0 Å². The summed E-state index contributed by atoms with van der Waals surface area (Å²) in [5.74, 6) is 0.486. The van der Waals surface area contributed by atoms with Crippen molar-refractivity contribution in [1.29, 1.82) is 0 Å². The van der Waals surface area contributed by atoms with Crippen LogP contribution in [-0.2, 0) is 11.3 Å². The van der Waals surface area contributed by atoms with Crippen LogP contribution in [0.4, 0.5) is 4.79 Å². The second kappa shape index (κ2) is 10.2. The first-order valence-corrected chi connectivity index (χ1v) is 8.53. The predicted molar refractivity (Wildman–Crippen MR) is 101 cm³/mol. The Bertz CT molecular complexity index is 719. The average molecular weight is 355 g/mol. The molecule has 0 saturated heterocycles. The molecule has 2 aromatic carbocycles. The van der Waals surface area contributed by atoms with E-state index in [2.05, 4.69) is 10.6 Å². The van der Waals surface area contributed by atoms with Gasteiger partial charge in [-0.2, -0.15) is 0 Å². The first-order valence-electron chi connectivity index (χ1n) is 8.53. The molecular formula is C20H25N3O3. The van der Waals surface area contributed by atoms with E-state index in [1.54, 1.807) is 4.90 Å². The molecule has 0 aliphatic rings. The number of benzene rings is 2. The fourth-order valence-electron chi connectivity index (χ4n) is 2.34. The predicted octanol–water partition coefficient (Wildman–Crippen LogP) is 2.33. The number of nitrogens with one attached hydrogen (secondary N) is 2. The Hall–Kier alpha value is -2.86. The summed E-state index contributed by atoms with van der Waals surface area (Å²) in [6.45, 7) is 3.53. The summed E-state index contributed by atoms with van der Waals surface area (Å²) in [5, 5.41) is 4.99. The topological polar surface area (TPSA) is 70.7 Å². The Morgan fingerprint density at radius 2 is 1.73 bits per heavy atom.